The first kappa shape index (κ1) is 55.8. The van der Waals surface area contributed by atoms with Crippen LogP contribution in [0, 0.1) is 0 Å². The molecule has 21 heteroatoms. The molecule has 372 valence electrons. The number of nitrogens with one attached hydrogen (secondary N) is 4. The average Bonchev–Trinajstić information content (AvgIpc) is 3.32. The van der Waals surface area contributed by atoms with E-state index in [9.17, 15) is 42.3 Å². The first-order valence-electron chi connectivity index (χ1n) is 21.9. The van der Waals surface area contributed by atoms with E-state index in [0.29, 0.717) is 31.4 Å². The standard InChI is InChI=1S/C46H59N9O7.C2HF3O2/c47-25-11-10-20-37(52-43(59)38(27-31-13-4-1-5-14-31)53-41(57)36(48)19-12-26-51-46(49)50)42(58)54-39(28-32-15-6-2-7-16-32)44(60)55-40(29-33-21-23-35(56)24-22-33)45(61)62-30-34-17-8-3-9-18-34;3-2(4,5)1(6)7/h1-9,13-18,21-24,36-40,56H,10-12,19-20,25-30,47-48H2,(H,52,59)(H,53,57)(H,54,58)(H,55,60)(H4,49,50,51);(H,6,7)/t36-,37-,38-,39-,40-;/m0./s1. The van der Waals surface area contributed by atoms with Crippen molar-refractivity contribution in [3.05, 3.63) is 138 Å². The zero-order chi connectivity index (χ0) is 50.8. The number of benzene rings is 4. The molecule has 0 saturated carbocycles. The van der Waals surface area contributed by atoms with Crippen LogP contribution in [0.3, 0.4) is 0 Å². The Kier molecular flexibility index (Phi) is 23.7. The van der Waals surface area contributed by atoms with Gasteiger partial charge in [-0.25, -0.2) is 9.59 Å². The number of alkyl halides is 3. The number of carboxylic acid groups (broad SMARTS) is 1. The number of phenols is 1. The van der Waals surface area contributed by atoms with Crippen LogP contribution in [-0.4, -0.2) is 101 Å². The number of ether oxygens (including phenoxy) is 1. The van der Waals surface area contributed by atoms with Crippen LogP contribution in [0.15, 0.2) is 120 Å². The third kappa shape index (κ3) is 21.8. The maximum absolute atomic E-state index is 14.3. The van der Waals surface area contributed by atoms with Crippen molar-refractivity contribution in [1.29, 1.82) is 0 Å². The van der Waals surface area contributed by atoms with Crippen LogP contribution in [0.4, 0.5) is 13.2 Å². The number of aliphatic carboxylic acids is 1. The molecule has 0 unspecified atom stereocenters. The number of phenolic OH excluding ortho intramolecular Hbond substituents is 1. The minimum absolute atomic E-state index is 0.0257. The zero-order valence-electron chi connectivity index (χ0n) is 37.8. The van der Waals surface area contributed by atoms with Gasteiger partial charge < -0.3 is 59.2 Å². The summed E-state index contributed by atoms with van der Waals surface area (Å²) < 4.78 is 37.4. The van der Waals surface area contributed by atoms with Crippen molar-refractivity contribution in [2.45, 2.75) is 94.4 Å². The number of nitrogens with zero attached hydrogens (tertiary/aromatic N) is 1. The van der Waals surface area contributed by atoms with Crippen LogP contribution < -0.4 is 44.2 Å². The van der Waals surface area contributed by atoms with Crippen molar-refractivity contribution in [3.63, 3.8) is 0 Å². The van der Waals surface area contributed by atoms with Gasteiger partial charge in [0.25, 0.3) is 0 Å². The summed E-state index contributed by atoms with van der Waals surface area (Å²) in [6, 6.07) is 27.8. The number of carbonyl (C=O) groups excluding carboxylic acids is 5. The van der Waals surface area contributed by atoms with E-state index in [0.717, 1.165) is 16.7 Å². The van der Waals surface area contributed by atoms with E-state index in [1.165, 1.54) is 12.1 Å². The number of nitrogens with two attached hydrogens (primary N) is 4. The molecule has 0 saturated heterocycles. The zero-order valence-corrected chi connectivity index (χ0v) is 37.8. The molecule has 0 fully saturated rings. The highest BCUT2D eigenvalue weighted by atomic mass is 19.4. The minimum atomic E-state index is -5.08. The number of hydrogen-bond acceptors (Lipinski definition) is 11. The van der Waals surface area contributed by atoms with E-state index in [4.69, 9.17) is 37.6 Å². The molecule has 4 amide bonds. The predicted molar refractivity (Wildman–Crippen MR) is 251 cm³/mol. The van der Waals surface area contributed by atoms with E-state index in [-0.39, 0.29) is 57.0 Å². The summed E-state index contributed by atoms with van der Waals surface area (Å²) in [6.07, 6.45) is -3.07. The first-order valence-corrected chi connectivity index (χ1v) is 21.9. The van der Waals surface area contributed by atoms with Crippen molar-refractivity contribution in [3.8, 4) is 5.75 Å². The minimum Gasteiger partial charge on any atom is -0.508 e. The van der Waals surface area contributed by atoms with Gasteiger partial charge in [0.1, 0.15) is 36.5 Å². The Morgan fingerprint density at radius 1 is 0.580 bits per heavy atom. The number of unbranched alkanes of at least 4 members (excludes halogenated alkanes) is 1. The van der Waals surface area contributed by atoms with Crippen LogP contribution in [0.5, 0.6) is 5.75 Å². The second-order valence-corrected chi connectivity index (χ2v) is 15.7. The van der Waals surface area contributed by atoms with Crippen LogP contribution in [0.1, 0.15) is 54.4 Å². The lowest BCUT2D eigenvalue weighted by molar-refractivity contribution is -0.192. The van der Waals surface area contributed by atoms with Gasteiger partial charge in [0.2, 0.25) is 23.6 Å². The summed E-state index contributed by atoms with van der Waals surface area (Å²) in [4.78, 5) is 82.4. The largest absolute Gasteiger partial charge is 0.508 e. The molecule has 0 bridgehead atoms. The molecular formula is C48H60F3N9O9. The van der Waals surface area contributed by atoms with Crippen LogP contribution in [0.2, 0.25) is 0 Å². The Hall–Kier alpha value is -7.52. The van der Waals surface area contributed by atoms with Gasteiger partial charge in [-0.05, 0) is 73.0 Å². The highest BCUT2D eigenvalue weighted by molar-refractivity contribution is 5.95. The summed E-state index contributed by atoms with van der Waals surface area (Å²) >= 11 is 0. The molecule has 0 aliphatic heterocycles. The SMILES string of the molecule is NCCCC[C@H](NC(=O)[C@H](Cc1ccccc1)NC(=O)[C@@H](N)CCCN=C(N)N)C(=O)N[C@@H](Cc1ccccc1)C(=O)N[C@@H](Cc1ccc(O)cc1)C(=O)OCc1ccccc1.O=C(O)C(F)(F)F. The van der Waals surface area contributed by atoms with Crippen molar-refractivity contribution in [2.75, 3.05) is 13.1 Å². The quantitative estimate of drug-likeness (QED) is 0.0198. The molecule has 5 atom stereocenters. The number of amides is 4. The van der Waals surface area contributed by atoms with Crippen LogP contribution in [0.25, 0.3) is 0 Å². The lowest BCUT2D eigenvalue weighted by Gasteiger charge is -2.27. The van der Waals surface area contributed by atoms with Gasteiger partial charge in [0.15, 0.2) is 5.96 Å². The molecular weight excluding hydrogens is 904 g/mol. The van der Waals surface area contributed by atoms with E-state index in [2.05, 4.69) is 26.3 Å². The number of halogens is 3. The molecule has 4 aromatic rings. The number of hydrogen-bond donors (Lipinski definition) is 10. The van der Waals surface area contributed by atoms with Gasteiger partial charge in [0, 0.05) is 25.8 Å². The smallest absolute Gasteiger partial charge is 0.490 e. The third-order valence-electron chi connectivity index (χ3n) is 10.2. The van der Waals surface area contributed by atoms with Gasteiger partial charge in [-0.15, -0.1) is 0 Å². The normalized spacial score (nSPS) is 13.1. The second-order valence-electron chi connectivity index (χ2n) is 15.7. The number of carbonyl (C=O) groups is 6. The summed E-state index contributed by atoms with van der Waals surface area (Å²) in [5, 5.41) is 28.2. The lowest BCUT2D eigenvalue weighted by Crippen LogP contribution is -2.59. The van der Waals surface area contributed by atoms with E-state index in [1.54, 1.807) is 60.7 Å². The third-order valence-corrected chi connectivity index (χ3v) is 10.2. The van der Waals surface area contributed by atoms with Crippen molar-refractivity contribution >= 4 is 41.5 Å². The van der Waals surface area contributed by atoms with Crippen molar-refractivity contribution < 1.29 is 56.9 Å². The van der Waals surface area contributed by atoms with Gasteiger partial charge in [-0.2, -0.15) is 13.2 Å². The Morgan fingerprint density at radius 2 is 1.00 bits per heavy atom. The molecule has 0 aliphatic carbocycles. The van der Waals surface area contributed by atoms with Gasteiger partial charge >= 0.3 is 18.1 Å². The summed E-state index contributed by atoms with van der Waals surface area (Å²) in [6.45, 7) is 0.586. The summed E-state index contributed by atoms with van der Waals surface area (Å²) in [5.41, 5.74) is 25.6. The fraction of sp³-hybridized carbons (Fsp3) is 0.354. The van der Waals surface area contributed by atoms with E-state index in [1.807, 2.05) is 42.5 Å². The van der Waals surface area contributed by atoms with Crippen molar-refractivity contribution in [1.82, 2.24) is 21.3 Å². The van der Waals surface area contributed by atoms with Gasteiger partial charge in [-0.3, -0.25) is 24.2 Å². The van der Waals surface area contributed by atoms with E-state index >= 15 is 0 Å². The van der Waals surface area contributed by atoms with Gasteiger partial charge in [0.05, 0.1) is 6.04 Å². The Morgan fingerprint density at radius 3 is 1.48 bits per heavy atom. The molecule has 69 heavy (non-hydrogen) atoms. The second kappa shape index (κ2) is 29.3. The predicted octanol–water partition coefficient (Wildman–Crippen LogP) is 2.25. The number of esters is 1. The van der Waals surface area contributed by atoms with E-state index < -0.39 is 72.0 Å². The highest BCUT2D eigenvalue weighted by Gasteiger charge is 2.38. The number of guanidine groups is 1. The molecule has 0 heterocycles. The molecule has 4 aromatic carbocycles. The maximum atomic E-state index is 14.3. The first-order chi connectivity index (χ1) is 32.9. The fourth-order valence-electron chi connectivity index (χ4n) is 6.52. The molecule has 0 aromatic heterocycles. The van der Waals surface area contributed by atoms with Gasteiger partial charge in [-0.1, -0.05) is 103 Å². The molecule has 0 spiro atoms. The Bertz CT molecular complexity index is 2250. The molecule has 0 aliphatic rings. The molecule has 18 nitrogen and oxygen atoms in total. The topological polar surface area (TPSA) is 317 Å². The summed E-state index contributed by atoms with van der Waals surface area (Å²) in [7, 11) is 0. The average molecular weight is 964 g/mol. The number of carboxylic acids is 1. The number of aromatic hydroxyl groups is 1. The molecule has 14 N–H and O–H groups in total. The highest BCUT2D eigenvalue weighted by Crippen LogP contribution is 2.15. The van der Waals surface area contributed by atoms with Crippen LogP contribution >= 0.6 is 0 Å². The molecule has 4 rings (SSSR count). The monoisotopic (exact) mass is 963 g/mol. The number of aliphatic imine (C=N–C) groups is 1. The van der Waals surface area contributed by atoms with Crippen molar-refractivity contribution in [2.24, 2.45) is 27.9 Å². The van der Waals surface area contributed by atoms with Crippen LogP contribution in [-0.2, 0) is 59.4 Å². The Labute approximate surface area is 397 Å². The Balaban J connectivity index is 0.00000167. The molecule has 0 radical (unpaired) electrons. The maximum Gasteiger partial charge on any atom is 0.490 e. The summed E-state index contributed by atoms with van der Waals surface area (Å²) in [5.74, 6) is -6.03. The lowest BCUT2D eigenvalue weighted by atomic mass is 10.0. The number of rotatable bonds is 25. The fourth-order valence-corrected chi connectivity index (χ4v) is 6.52.